The van der Waals surface area contributed by atoms with Crippen LogP contribution in [0.2, 0.25) is 5.02 Å². The first-order valence-corrected chi connectivity index (χ1v) is 12.2. The number of aliphatic carboxylic acids is 1. The molecule has 190 valence electrons. The van der Waals surface area contributed by atoms with Crippen molar-refractivity contribution >= 4 is 29.5 Å². The molecule has 1 aliphatic carbocycles. The molecule has 2 aromatic carbocycles. The van der Waals surface area contributed by atoms with Gasteiger partial charge in [-0.15, -0.1) is 0 Å². The fraction of sp³-hybridized carbons (Fsp3) is 0.179. The van der Waals surface area contributed by atoms with E-state index >= 15 is 0 Å². The van der Waals surface area contributed by atoms with Gasteiger partial charge < -0.3 is 9.84 Å². The number of carbonyl (C=O) groups is 2. The lowest BCUT2D eigenvalue weighted by molar-refractivity contribution is -0.140. The van der Waals surface area contributed by atoms with E-state index in [2.05, 4.69) is 15.4 Å². The van der Waals surface area contributed by atoms with E-state index < -0.39 is 23.6 Å². The SMILES string of the molecule is CC(OC(=O)Nc1c(C#N)cnn1-c1ccc(-c2ccc(C3(C(=O)O)CC3)cc2)nc1)c1ccccc1Cl. The molecular weight excluding hydrogens is 506 g/mol. The summed E-state index contributed by atoms with van der Waals surface area (Å²) in [5, 5.41) is 26.4. The summed E-state index contributed by atoms with van der Waals surface area (Å²) in [6, 6.07) is 20.0. The Balaban J connectivity index is 1.33. The van der Waals surface area contributed by atoms with Crippen molar-refractivity contribution in [1.29, 1.82) is 5.26 Å². The van der Waals surface area contributed by atoms with Crippen molar-refractivity contribution in [2.45, 2.75) is 31.3 Å². The number of rotatable bonds is 7. The number of hydrogen-bond acceptors (Lipinski definition) is 6. The Kier molecular flexibility index (Phi) is 6.57. The monoisotopic (exact) mass is 527 g/mol. The Labute approximate surface area is 223 Å². The van der Waals surface area contributed by atoms with Gasteiger partial charge in [0, 0.05) is 16.1 Å². The zero-order valence-corrected chi connectivity index (χ0v) is 21.0. The number of pyridine rings is 1. The summed E-state index contributed by atoms with van der Waals surface area (Å²) in [5.41, 5.74) is 2.86. The highest BCUT2D eigenvalue weighted by Gasteiger charge is 2.51. The number of hydrogen-bond donors (Lipinski definition) is 2. The number of nitriles is 1. The van der Waals surface area contributed by atoms with E-state index in [1.165, 1.54) is 10.9 Å². The summed E-state index contributed by atoms with van der Waals surface area (Å²) in [6.45, 7) is 1.70. The molecule has 1 fully saturated rings. The van der Waals surface area contributed by atoms with Gasteiger partial charge in [-0.25, -0.2) is 9.48 Å². The molecule has 1 atom stereocenters. The number of ether oxygens (including phenoxy) is 1. The first kappa shape index (κ1) is 25.0. The van der Waals surface area contributed by atoms with E-state index in [0.29, 0.717) is 34.8 Å². The first-order chi connectivity index (χ1) is 18.3. The topological polar surface area (TPSA) is 130 Å². The van der Waals surface area contributed by atoms with E-state index in [9.17, 15) is 20.0 Å². The van der Waals surface area contributed by atoms with Crippen LogP contribution in [0.3, 0.4) is 0 Å². The molecule has 4 aromatic rings. The molecule has 5 rings (SSSR count). The van der Waals surface area contributed by atoms with E-state index in [1.807, 2.05) is 30.3 Å². The van der Waals surface area contributed by atoms with Crippen molar-refractivity contribution in [1.82, 2.24) is 14.8 Å². The molecule has 1 saturated carbocycles. The third kappa shape index (κ3) is 4.69. The van der Waals surface area contributed by atoms with E-state index in [4.69, 9.17) is 16.3 Å². The lowest BCUT2D eigenvalue weighted by Crippen LogP contribution is -2.19. The average molecular weight is 528 g/mol. The molecule has 0 spiro atoms. The molecule has 1 unspecified atom stereocenters. The van der Waals surface area contributed by atoms with Gasteiger partial charge >= 0.3 is 12.1 Å². The Morgan fingerprint density at radius 1 is 1.13 bits per heavy atom. The number of halogens is 1. The third-order valence-electron chi connectivity index (χ3n) is 6.62. The highest BCUT2D eigenvalue weighted by Crippen LogP contribution is 2.48. The van der Waals surface area contributed by atoms with Crippen LogP contribution in [0.5, 0.6) is 0 Å². The van der Waals surface area contributed by atoms with Crippen molar-refractivity contribution in [2.75, 3.05) is 5.32 Å². The molecule has 0 saturated heterocycles. The second kappa shape index (κ2) is 10.00. The van der Waals surface area contributed by atoms with Crippen molar-refractivity contribution in [2.24, 2.45) is 0 Å². The number of nitrogens with one attached hydrogen (secondary N) is 1. The number of carboxylic acids is 1. The standard InChI is InChI=1S/C28H22ClN5O4/c1-17(22-4-2-3-5-23(22)29)38-27(37)33-25-19(14-30)15-32-34(25)21-10-11-24(31-16-21)18-6-8-20(9-7-18)28(12-13-28)26(35)36/h2-11,15-17H,12-13H2,1H3,(H,33,37)(H,35,36). The number of aromatic nitrogens is 3. The largest absolute Gasteiger partial charge is 0.481 e. The molecule has 1 aliphatic rings. The minimum atomic E-state index is -0.796. The Bertz CT molecular complexity index is 1550. The van der Waals surface area contributed by atoms with Crippen LogP contribution in [-0.2, 0) is 14.9 Å². The van der Waals surface area contributed by atoms with Crippen LogP contribution in [-0.4, -0.2) is 31.9 Å². The highest BCUT2D eigenvalue weighted by atomic mass is 35.5. The van der Waals surface area contributed by atoms with E-state index in [-0.39, 0.29) is 11.4 Å². The van der Waals surface area contributed by atoms with Crippen molar-refractivity contribution in [3.63, 3.8) is 0 Å². The molecular formula is C28H22ClN5O4. The van der Waals surface area contributed by atoms with Gasteiger partial charge in [-0.2, -0.15) is 10.4 Å². The molecule has 0 aliphatic heterocycles. The van der Waals surface area contributed by atoms with Gasteiger partial charge in [0.2, 0.25) is 0 Å². The molecule has 2 aromatic heterocycles. The highest BCUT2D eigenvalue weighted by molar-refractivity contribution is 6.31. The van der Waals surface area contributed by atoms with Crippen LogP contribution >= 0.6 is 11.6 Å². The van der Waals surface area contributed by atoms with Crippen LogP contribution in [0.25, 0.3) is 16.9 Å². The number of carbonyl (C=O) groups excluding carboxylic acids is 1. The second-order valence-corrected chi connectivity index (χ2v) is 9.40. The van der Waals surface area contributed by atoms with Crippen LogP contribution in [0.15, 0.2) is 73.1 Å². The Hall–Kier alpha value is -4.68. The molecule has 10 heteroatoms. The minimum Gasteiger partial charge on any atom is -0.481 e. The van der Waals surface area contributed by atoms with Gasteiger partial charge in [-0.1, -0.05) is 54.1 Å². The quantitative estimate of drug-likeness (QED) is 0.306. The van der Waals surface area contributed by atoms with Gasteiger partial charge in [0.25, 0.3) is 0 Å². The van der Waals surface area contributed by atoms with Crippen molar-refractivity contribution in [3.05, 3.63) is 94.8 Å². The van der Waals surface area contributed by atoms with Crippen molar-refractivity contribution in [3.8, 4) is 23.0 Å². The molecule has 38 heavy (non-hydrogen) atoms. The number of anilines is 1. The number of nitrogens with zero attached hydrogens (tertiary/aromatic N) is 4. The maximum Gasteiger partial charge on any atom is 0.413 e. The van der Waals surface area contributed by atoms with Crippen LogP contribution in [0, 0.1) is 11.3 Å². The maximum atomic E-state index is 12.7. The summed E-state index contributed by atoms with van der Waals surface area (Å²) < 4.78 is 6.87. The lowest BCUT2D eigenvalue weighted by atomic mass is 9.95. The number of carboxylic acid groups (broad SMARTS) is 1. The number of amides is 1. The van der Waals surface area contributed by atoms with Gasteiger partial charge in [0.05, 0.1) is 29.2 Å². The molecule has 1 amide bonds. The fourth-order valence-corrected chi connectivity index (χ4v) is 4.58. The molecule has 0 radical (unpaired) electrons. The minimum absolute atomic E-state index is 0.145. The van der Waals surface area contributed by atoms with Gasteiger partial charge in [-0.05, 0) is 43.5 Å². The summed E-state index contributed by atoms with van der Waals surface area (Å²) >= 11 is 6.20. The zero-order valence-electron chi connectivity index (χ0n) is 20.3. The summed E-state index contributed by atoms with van der Waals surface area (Å²) in [6.07, 6.45) is 2.81. The summed E-state index contributed by atoms with van der Waals surface area (Å²) in [5.74, 6) is -0.651. The fourth-order valence-electron chi connectivity index (χ4n) is 4.29. The molecule has 0 bridgehead atoms. The summed E-state index contributed by atoms with van der Waals surface area (Å²) in [4.78, 5) is 28.7. The predicted molar refractivity (Wildman–Crippen MR) is 140 cm³/mol. The lowest BCUT2D eigenvalue weighted by Gasteiger charge is -2.16. The van der Waals surface area contributed by atoms with E-state index in [0.717, 1.165) is 11.1 Å². The average Bonchev–Trinajstić information content (AvgIpc) is 3.65. The summed E-state index contributed by atoms with van der Waals surface area (Å²) in [7, 11) is 0. The Morgan fingerprint density at radius 3 is 2.47 bits per heavy atom. The Morgan fingerprint density at radius 2 is 1.87 bits per heavy atom. The normalized spacial score (nSPS) is 14.2. The molecule has 9 nitrogen and oxygen atoms in total. The second-order valence-electron chi connectivity index (χ2n) is 8.99. The van der Waals surface area contributed by atoms with Gasteiger partial charge in [0.15, 0.2) is 5.82 Å². The first-order valence-electron chi connectivity index (χ1n) is 11.8. The molecule has 2 N–H and O–H groups in total. The third-order valence-corrected chi connectivity index (χ3v) is 6.97. The van der Waals surface area contributed by atoms with E-state index in [1.54, 1.807) is 49.5 Å². The number of benzene rings is 2. The van der Waals surface area contributed by atoms with Crippen LogP contribution in [0.4, 0.5) is 10.6 Å². The maximum absolute atomic E-state index is 12.7. The predicted octanol–water partition coefficient (Wildman–Crippen LogP) is 5.89. The zero-order chi connectivity index (χ0) is 26.9. The van der Waals surface area contributed by atoms with Crippen molar-refractivity contribution < 1.29 is 19.4 Å². The smallest absolute Gasteiger partial charge is 0.413 e. The van der Waals surface area contributed by atoms with Crippen LogP contribution < -0.4 is 5.32 Å². The van der Waals surface area contributed by atoms with Gasteiger partial charge in [0.1, 0.15) is 17.7 Å². The van der Waals surface area contributed by atoms with Gasteiger partial charge in [-0.3, -0.25) is 15.1 Å². The molecule has 2 heterocycles. The van der Waals surface area contributed by atoms with Crippen LogP contribution in [0.1, 0.15) is 42.6 Å².